The average molecular weight is 373 g/mol. The molecule has 1 unspecified atom stereocenters. The zero-order valence-corrected chi connectivity index (χ0v) is 13.6. The lowest BCUT2D eigenvalue weighted by Gasteiger charge is -2.15. The Balaban J connectivity index is 2.03. The Bertz CT molecular complexity index is 871. The minimum absolute atomic E-state index is 0.118. The number of nitrogens with zero attached hydrogens (tertiary/aromatic N) is 1. The second-order valence-electron chi connectivity index (χ2n) is 4.39. The topological polar surface area (TPSA) is 148 Å². The van der Waals surface area contributed by atoms with Crippen molar-refractivity contribution in [3.05, 3.63) is 64.7 Å². The molecule has 128 valence electrons. The first kappa shape index (κ1) is 18.0. The fraction of sp³-hybridized carbons (Fsp3) is 0. The molecule has 0 saturated carbocycles. The molecule has 0 heterocycles. The van der Waals surface area contributed by atoms with Crippen LogP contribution in [0.2, 0.25) is 0 Å². The SMILES string of the molecule is O=[N+]([O-])c1ccc(OP(=O)(O)NNS(=O)(=O)c2ccccc2)cc1. The summed E-state index contributed by atoms with van der Waals surface area (Å²) in [6.07, 6.45) is 0. The van der Waals surface area contributed by atoms with Gasteiger partial charge in [-0.3, -0.25) is 10.1 Å². The van der Waals surface area contributed by atoms with Crippen LogP contribution < -0.4 is 14.6 Å². The molecule has 0 aliphatic heterocycles. The zero-order valence-electron chi connectivity index (χ0n) is 11.9. The van der Waals surface area contributed by atoms with E-state index in [1.165, 1.54) is 24.3 Å². The number of sulfonamides is 1. The van der Waals surface area contributed by atoms with Gasteiger partial charge in [0, 0.05) is 12.1 Å². The van der Waals surface area contributed by atoms with Crippen LogP contribution in [0.15, 0.2) is 59.5 Å². The van der Waals surface area contributed by atoms with Gasteiger partial charge in [-0.25, -0.2) is 13.0 Å². The minimum Gasteiger partial charge on any atom is -0.413 e. The Hall–Kier alpha value is -2.30. The third-order valence-corrected chi connectivity index (χ3v) is 4.92. The maximum atomic E-state index is 11.9. The number of benzene rings is 2. The summed E-state index contributed by atoms with van der Waals surface area (Å²) in [7, 11) is -8.65. The van der Waals surface area contributed by atoms with E-state index >= 15 is 0 Å². The third kappa shape index (κ3) is 4.85. The second kappa shape index (κ2) is 7.07. The van der Waals surface area contributed by atoms with Gasteiger partial charge in [0.1, 0.15) is 5.75 Å². The van der Waals surface area contributed by atoms with Crippen LogP contribution in [0.25, 0.3) is 0 Å². The maximum absolute atomic E-state index is 11.9. The molecule has 0 radical (unpaired) electrons. The van der Waals surface area contributed by atoms with Crippen molar-refractivity contribution in [2.24, 2.45) is 0 Å². The van der Waals surface area contributed by atoms with Crippen molar-refractivity contribution in [1.29, 1.82) is 0 Å². The summed E-state index contributed by atoms with van der Waals surface area (Å²) in [6, 6.07) is 11.5. The molecule has 0 aliphatic rings. The molecular formula is C12H12N3O7PS. The zero-order chi connectivity index (χ0) is 17.8. The van der Waals surface area contributed by atoms with Crippen LogP contribution in [0.3, 0.4) is 0 Å². The average Bonchev–Trinajstić information content (AvgIpc) is 2.54. The van der Waals surface area contributed by atoms with Crippen molar-refractivity contribution in [3.8, 4) is 5.75 Å². The van der Waals surface area contributed by atoms with Crippen LogP contribution in [0.4, 0.5) is 5.69 Å². The van der Waals surface area contributed by atoms with E-state index in [4.69, 9.17) is 4.52 Å². The van der Waals surface area contributed by atoms with E-state index in [0.717, 1.165) is 24.3 Å². The summed E-state index contributed by atoms with van der Waals surface area (Å²) < 4.78 is 40.4. The highest BCUT2D eigenvalue weighted by Gasteiger charge is 2.25. The molecule has 0 amide bonds. The maximum Gasteiger partial charge on any atom is 0.470 e. The summed E-state index contributed by atoms with van der Waals surface area (Å²) in [5.41, 5.74) is -0.229. The predicted molar refractivity (Wildman–Crippen MR) is 83.4 cm³/mol. The number of hydrogen-bond acceptors (Lipinski definition) is 6. The molecule has 24 heavy (non-hydrogen) atoms. The Morgan fingerprint density at radius 1 is 1.08 bits per heavy atom. The Kier molecular flexibility index (Phi) is 5.32. The van der Waals surface area contributed by atoms with Gasteiger partial charge in [-0.05, 0) is 24.3 Å². The Morgan fingerprint density at radius 3 is 2.21 bits per heavy atom. The normalized spacial score (nSPS) is 13.9. The van der Waals surface area contributed by atoms with Gasteiger partial charge in [0.15, 0.2) is 0 Å². The molecule has 2 rings (SSSR count). The number of hydrazine groups is 1. The lowest BCUT2D eigenvalue weighted by atomic mass is 10.3. The summed E-state index contributed by atoms with van der Waals surface area (Å²) in [6.45, 7) is 0. The highest BCUT2D eigenvalue weighted by molar-refractivity contribution is 7.89. The first-order valence-electron chi connectivity index (χ1n) is 6.31. The molecule has 0 bridgehead atoms. The number of nitrogens with one attached hydrogen (secondary N) is 2. The van der Waals surface area contributed by atoms with Gasteiger partial charge in [-0.2, -0.15) is 0 Å². The van der Waals surface area contributed by atoms with E-state index in [0.29, 0.717) is 0 Å². The van der Waals surface area contributed by atoms with Gasteiger partial charge >= 0.3 is 7.75 Å². The van der Waals surface area contributed by atoms with Gasteiger partial charge < -0.3 is 9.42 Å². The molecular weight excluding hydrogens is 361 g/mol. The predicted octanol–water partition coefficient (Wildman–Crippen LogP) is 1.56. The lowest BCUT2D eigenvalue weighted by Crippen LogP contribution is -2.36. The molecule has 0 fully saturated rings. The minimum atomic E-state index is -4.58. The molecule has 0 saturated heterocycles. The van der Waals surface area contributed by atoms with E-state index in [1.807, 2.05) is 0 Å². The molecule has 12 heteroatoms. The van der Waals surface area contributed by atoms with E-state index in [2.05, 4.69) is 0 Å². The standard InChI is InChI=1S/C12H12N3O7PS/c16-15(17)10-6-8-11(9-7-10)22-23(18,19)13-14-24(20,21)12-4-2-1-3-5-12/h1-9,14H,(H2,13,18,19). The highest BCUT2D eigenvalue weighted by atomic mass is 32.2. The molecule has 0 spiro atoms. The lowest BCUT2D eigenvalue weighted by molar-refractivity contribution is -0.384. The van der Waals surface area contributed by atoms with E-state index in [9.17, 15) is 28.0 Å². The molecule has 2 aromatic rings. The van der Waals surface area contributed by atoms with Gasteiger partial charge in [0.2, 0.25) is 0 Å². The van der Waals surface area contributed by atoms with Gasteiger partial charge in [-0.1, -0.05) is 18.2 Å². The molecule has 1 atom stereocenters. The number of non-ortho nitro benzene ring substituents is 1. The number of nitro benzene ring substituents is 1. The van der Waals surface area contributed by atoms with E-state index in [-0.39, 0.29) is 16.3 Å². The van der Waals surface area contributed by atoms with Crippen LogP contribution in [-0.2, 0) is 14.6 Å². The summed E-state index contributed by atoms with van der Waals surface area (Å²) in [5, 5.41) is 12.2. The molecule has 0 aromatic heterocycles. The number of rotatable bonds is 7. The Morgan fingerprint density at radius 2 is 1.67 bits per heavy atom. The van der Waals surface area contributed by atoms with Crippen LogP contribution in [-0.4, -0.2) is 18.2 Å². The smallest absolute Gasteiger partial charge is 0.413 e. The molecule has 10 nitrogen and oxygen atoms in total. The quantitative estimate of drug-likeness (QED) is 0.376. The van der Waals surface area contributed by atoms with Crippen molar-refractivity contribution in [2.45, 2.75) is 4.90 Å². The number of hydrogen-bond donors (Lipinski definition) is 3. The van der Waals surface area contributed by atoms with Crippen LogP contribution in [0.5, 0.6) is 5.75 Å². The summed E-state index contributed by atoms with van der Waals surface area (Å²) in [4.78, 5) is 21.1. The monoisotopic (exact) mass is 373 g/mol. The van der Waals surface area contributed by atoms with Crippen LogP contribution in [0, 0.1) is 10.1 Å². The first-order chi connectivity index (χ1) is 11.2. The largest absolute Gasteiger partial charge is 0.470 e. The van der Waals surface area contributed by atoms with Crippen molar-refractivity contribution < 1.29 is 27.3 Å². The van der Waals surface area contributed by atoms with E-state index in [1.54, 1.807) is 16.1 Å². The fourth-order valence-corrected chi connectivity index (χ4v) is 3.60. The van der Waals surface area contributed by atoms with Crippen LogP contribution >= 0.6 is 7.75 Å². The number of nitro groups is 1. The van der Waals surface area contributed by atoms with E-state index < -0.39 is 22.7 Å². The third-order valence-electron chi connectivity index (χ3n) is 2.65. The first-order valence-corrected chi connectivity index (χ1v) is 9.37. The van der Waals surface area contributed by atoms with Crippen LogP contribution in [0.1, 0.15) is 0 Å². The molecule has 3 N–H and O–H groups in total. The second-order valence-corrected chi connectivity index (χ2v) is 7.52. The summed E-state index contributed by atoms with van der Waals surface area (Å²) in [5.74, 6) is -0.155. The van der Waals surface area contributed by atoms with Gasteiger partial charge in [-0.15, -0.1) is 10.0 Å². The summed E-state index contributed by atoms with van der Waals surface area (Å²) >= 11 is 0. The molecule has 0 aliphatic carbocycles. The molecule has 2 aromatic carbocycles. The van der Waals surface area contributed by atoms with Crippen molar-refractivity contribution >= 4 is 23.5 Å². The van der Waals surface area contributed by atoms with Gasteiger partial charge in [0.25, 0.3) is 15.7 Å². The van der Waals surface area contributed by atoms with Crippen molar-refractivity contribution in [3.63, 3.8) is 0 Å². The Labute approximate surface area is 136 Å². The van der Waals surface area contributed by atoms with Gasteiger partial charge in [0.05, 0.1) is 9.82 Å². The highest BCUT2D eigenvalue weighted by Crippen LogP contribution is 2.38. The van der Waals surface area contributed by atoms with Crippen molar-refractivity contribution in [2.75, 3.05) is 0 Å². The van der Waals surface area contributed by atoms with Crippen molar-refractivity contribution in [1.82, 2.24) is 10.0 Å². The fourth-order valence-electron chi connectivity index (χ4n) is 1.57.